The van der Waals surface area contributed by atoms with E-state index in [1.165, 1.54) is 30.5 Å². The predicted molar refractivity (Wildman–Crippen MR) is 98.6 cm³/mol. The fourth-order valence-electron chi connectivity index (χ4n) is 2.73. The van der Waals surface area contributed by atoms with Crippen molar-refractivity contribution in [2.75, 3.05) is 6.54 Å². The van der Waals surface area contributed by atoms with E-state index in [4.69, 9.17) is 10.2 Å². The molecular weight excluding hydrogens is 351 g/mol. The third-order valence-corrected chi connectivity index (χ3v) is 4.02. The fourth-order valence-corrected chi connectivity index (χ4v) is 2.73. The van der Waals surface area contributed by atoms with Crippen molar-refractivity contribution in [2.45, 2.75) is 25.3 Å². The minimum absolute atomic E-state index is 0.207. The number of aromatic nitrogens is 1. The van der Waals surface area contributed by atoms with Gasteiger partial charge >= 0.3 is 11.9 Å². The second-order valence-corrected chi connectivity index (χ2v) is 6.03. The van der Waals surface area contributed by atoms with Gasteiger partial charge in [-0.1, -0.05) is 18.6 Å². The minimum Gasteiger partial charge on any atom is -0.478 e. The normalized spacial score (nSPS) is 16.4. The van der Waals surface area contributed by atoms with Gasteiger partial charge in [0.2, 0.25) is 0 Å². The van der Waals surface area contributed by atoms with Crippen LogP contribution in [0, 0.1) is 5.82 Å². The average molecular weight is 372 g/mol. The van der Waals surface area contributed by atoms with E-state index in [0.29, 0.717) is 18.2 Å². The molecule has 0 spiro atoms. The Bertz CT molecular complexity index is 784. The van der Waals surface area contributed by atoms with E-state index in [1.54, 1.807) is 12.1 Å². The molecule has 6 nitrogen and oxygen atoms in total. The standard InChI is InChI=1S/C16H17FN2.C4H4O4/c17-15-6-4-12(5-7-15)13-9-14(11-18-10-13)16-3-1-2-8-19-16;5-3(6)1-2-4(7)8/h4-7,9-11,16,19H,1-3,8H2;1-2H,(H,5,6)(H,7,8)/b;2-1+. The van der Waals surface area contributed by atoms with Crippen molar-refractivity contribution in [3.05, 3.63) is 66.3 Å². The summed E-state index contributed by atoms with van der Waals surface area (Å²) in [4.78, 5) is 23.4. The highest BCUT2D eigenvalue weighted by molar-refractivity contribution is 5.89. The summed E-state index contributed by atoms with van der Waals surface area (Å²) in [5.74, 6) is -2.72. The van der Waals surface area contributed by atoms with Crippen LogP contribution in [-0.4, -0.2) is 33.7 Å². The summed E-state index contributed by atoms with van der Waals surface area (Å²) in [6, 6.07) is 9.13. The molecule has 142 valence electrons. The van der Waals surface area contributed by atoms with E-state index in [1.807, 2.05) is 12.4 Å². The van der Waals surface area contributed by atoms with Crippen molar-refractivity contribution in [3.8, 4) is 11.1 Å². The molecule has 3 N–H and O–H groups in total. The summed E-state index contributed by atoms with van der Waals surface area (Å²) in [6.07, 6.45) is 8.55. The van der Waals surface area contributed by atoms with E-state index in [-0.39, 0.29) is 5.82 Å². The highest BCUT2D eigenvalue weighted by Gasteiger charge is 2.15. The topological polar surface area (TPSA) is 99.5 Å². The van der Waals surface area contributed by atoms with Crippen LogP contribution in [0.15, 0.2) is 54.9 Å². The third-order valence-electron chi connectivity index (χ3n) is 4.02. The molecule has 1 aromatic carbocycles. The Balaban J connectivity index is 0.000000279. The third kappa shape index (κ3) is 6.99. The molecule has 0 bridgehead atoms. The van der Waals surface area contributed by atoms with Gasteiger partial charge in [-0.2, -0.15) is 0 Å². The Morgan fingerprint density at radius 2 is 1.70 bits per heavy atom. The molecule has 1 aliphatic heterocycles. The number of aliphatic carboxylic acids is 2. The van der Waals surface area contributed by atoms with Crippen LogP contribution in [0.5, 0.6) is 0 Å². The van der Waals surface area contributed by atoms with E-state index in [9.17, 15) is 14.0 Å². The van der Waals surface area contributed by atoms with Crippen molar-refractivity contribution >= 4 is 11.9 Å². The number of hydrogen-bond donors (Lipinski definition) is 3. The molecule has 1 atom stereocenters. The molecule has 1 saturated heterocycles. The molecule has 0 amide bonds. The summed E-state index contributed by atoms with van der Waals surface area (Å²) >= 11 is 0. The van der Waals surface area contributed by atoms with Crippen molar-refractivity contribution in [2.24, 2.45) is 0 Å². The van der Waals surface area contributed by atoms with Crippen molar-refractivity contribution in [1.82, 2.24) is 10.3 Å². The van der Waals surface area contributed by atoms with Crippen LogP contribution in [-0.2, 0) is 9.59 Å². The maximum atomic E-state index is 12.9. The zero-order valence-electron chi connectivity index (χ0n) is 14.6. The van der Waals surface area contributed by atoms with Gasteiger partial charge in [0.1, 0.15) is 5.82 Å². The number of carboxylic acids is 2. The Labute approximate surface area is 156 Å². The first-order valence-corrected chi connectivity index (χ1v) is 8.54. The van der Waals surface area contributed by atoms with Crippen LogP contribution in [0.4, 0.5) is 4.39 Å². The van der Waals surface area contributed by atoms with E-state index < -0.39 is 11.9 Å². The van der Waals surface area contributed by atoms with Gasteiger partial charge in [-0.3, -0.25) is 4.98 Å². The zero-order chi connectivity index (χ0) is 19.6. The zero-order valence-corrected chi connectivity index (χ0v) is 14.6. The smallest absolute Gasteiger partial charge is 0.328 e. The van der Waals surface area contributed by atoms with Crippen LogP contribution in [0.25, 0.3) is 11.1 Å². The summed E-state index contributed by atoms with van der Waals surface area (Å²) in [7, 11) is 0. The van der Waals surface area contributed by atoms with Crippen LogP contribution in [0.3, 0.4) is 0 Å². The van der Waals surface area contributed by atoms with Gasteiger partial charge in [0, 0.05) is 36.2 Å². The second-order valence-electron chi connectivity index (χ2n) is 6.03. The van der Waals surface area contributed by atoms with Crippen LogP contribution >= 0.6 is 0 Å². The maximum absolute atomic E-state index is 12.9. The molecular formula is C20H21FN2O4. The number of carboxylic acid groups (broad SMARTS) is 2. The first-order valence-electron chi connectivity index (χ1n) is 8.54. The number of hydrogen-bond acceptors (Lipinski definition) is 4. The first-order chi connectivity index (χ1) is 13.0. The number of carbonyl (C=O) groups is 2. The molecule has 27 heavy (non-hydrogen) atoms. The molecule has 1 aliphatic rings. The number of halogens is 1. The summed E-state index contributed by atoms with van der Waals surface area (Å²) < 4.78 is 12.9. The number of rotatable bonds is 4. The quantitative estimate of drug-likeness (QED) is 0.711. The highest BCUT2D eigenvalue weighted by Crippen LogP contribution is 2.26. The first kappa shape index (κ1) is 20.3. The Morgan fingerprint density at radius 3 is 2.26 bits per heavy atom. The maximum Gasteiger partial charge on any atom is 0.328 e. The van der Waals surface area contributed by atoms with Gasteiger partial charge in [0.15, 0.2) is 0 Å². The number of piperidine rings is 1. The van der Waals surface area contributed by atoms with E-state index >= 15 is 0 Å². The summed E-state index contributed by atoms with van der Waals surface area (Å²) in [6.45, 7) is 1.07. The molecule has 2 heterocycles. The highest BCUT2D eigenvalue weighted by atomic mass is 19.1. The molecule has 7 heteroatoms. The minimum atomic E-state index is -1.26. The monoisotopic (exact) mass is 372 g/mol. The number of benzene rings is 1. The Hall–Kier alpha value is -3.06. The van der Waals surface area contributed by atoms with Crippen LogP contribution in [0.1, 0.15) is 30.9 Å². The second kappa shape index (κ2) is 10.2. The Kier molecular flexibility index (Phi) is 7.63. The van der Waals surface area contributed by atoms with Crippen LogP contribution in [0.2, 0.25) is 0 Å². The molecule has 1 unspecified atom stereocenters. The molecule has 0 radical (unpaired) electrons. The van der Waals surface area contributed by atoms with Gasteiger partial charge in [0.25, 0.3) is 0 Å². The molecule has 0 aliphatic carbocycles. The molecule has 2 aromatic rings. The molecule has 1 aromatic heterocycles. The van der Waals surface area contributed by atoms with Gasteiger partial charge in [-0.25, -0.2) is 14.0 Å². The van der Waals surface area contributed by atoms with Crippen molar-refractivity contribution in [3.63, 3.8) is 0 Å². The van der Waals surface area contributed by atoms with Gasteiger partial charge < -0.3 is 15.5 Å². The lowest BCUT2D eigenvalue weighted by Crippen LogP contribution is -2.26. The SMILES string of the molecule is Fc1ccc(-c2cncc(C3CCCCN3)c2)cc1.O=C(O)/C=C/C(=O)O. The summed E-state index contributed by atoms with van der Waals surface area (Å²) in [5.41, 5.74) is 3.28. The van der Waals surface area contributed by atoms with Crippen molar-refractivity contribution < 1.29 is 24.2 Å². The predicted octanol–water partition coefficient (Wildman–Crippen LogP) is 3.41. The van der Waals surface area contributed by atoms with E-state index in [2.05, 4.69) is 16.4 Å². The number of nitrogens with zero attached hydrogens (tertiary/aromatic N) is 1. The molecule has 3 rings (SSSR count). The number of pyridine rings is 1. The fraction of sp³-hybridized carbons (Fsp3) is 0.250. The average Bonchev–Trinajstić information content (AvgIpc) is 2.68. The van der Waals surface area contributed by atoms with Crippen LogP contribution < -0.4 is 5.32 Å². The van der Waals surface area contributed by atoms with Crippen molar-refractivity contribution in [1.29, 1.82) is 0 Å². The lowest BCUT2D eigenvalue weighted by Gasteiger charge is -2.23. The Morgan fingerprint density at radius 1 is 1.04 bits per heavy atom. The molecule has 1 fully saturated rings. The van der Waals surface area contributed by atoms with Gasteiger partial charge in [-0.15, -0.1) is 0 Å². The summed E-state index contributed by atoms with van der Waals surface area (Å²) in [5, 5.41) is 19.1. The molecule has 0 saturated carbocycles. The van der Waals surface area contributed by atoms with Gasteiger partial charge in [-0.05, 0) is 48.7 Å². The largest absolute Gasteiger partial charge is 0.478 e. The van der Waals surface area contributed by atoms with Gasteiger partial charge in [0.05, 0.1) is 0 Å². The lowest BCUT2D eigenvalue weighted by molar-refractivity contribution is -0.134. The van der Waals surface area contributed by atoms with E-state index in [0.717, 1.165) is 24.1 Å². The lowest BCUT2D eigenvalue weighted by atomic mass is 9.96. The number of nitrogens with one attached hydrogen (secondary N) is 1.